The molecular formula is C88H98F7N23O13. The van der Waals surface area contributed by atoms with Crippen LogP contribution in [0, 0.1) is 62.9 Å². The number of piperidine rings is 3. The molecule has 4 aromatic carbocycles. The Hall–Kier alpha value is -14.7. The summed E-state index contributed by atoms with van der Waals surface area (Å²) >= 11 is 0. The Bertz CT molecular complexity index is 5730. The predicted octanol–water partition coefficient (Wildman–Crippen LogP) is 11.1. The maximum absolute atomic E-state index is 15.7. The molecular weight excluding hydrogens is 1720 g/mol. The van der Waals surface area contributed by atoms with E-state index in [4.69, 9.17) is 22.9 Å². The minimum absolute atomic E-state index is 0.00236. The van der Waals surface area contributed by atoms with Gasteiger partial charge in [0.15, 0.2) is 17.5 Å². The predicted molar refractivity (Wildman–Crippen MR) is 460 cm³/mol. The van der Waals surface area contributed by atoms with Crippen LogP contribution in [0.15, 0.2) is 117 Å². The van der Waals surface area contributed by atoms with E-state index >= 15 is 13.2 Å². The van der Waals surface area contributed by atoms with E-state index in [0.29, 0.717) is 42.4 Å². The molecule has 0 bridgehead atoms. The summed E-state index contributed by atoms with van der Waals surface area (Å²) in [5.74, 6) is -5.00. The van der Waals surface area contributed by atoms with Crippen molar-refractivity contribution in [1.82, 2.24) is 53.8 Å². The highest BCUT2D eigenvalue weighted by molar-refractivity contribution is 6.02. The van der Waals surface area contributed by atoms with E-state index in [0.717, 1.165) is 111 Å². The van der Waals surface area contributed by atoms with Gasteiger partial charge in [-0.25, -0.2) is 45.1 Å². The van der Waals surface area contributed by atoms with Gasteiger partial charge in [-0.1, -0.05) is 61.7 Å². The summed E-state index contributed by atoms with van der Waals surface area (Å²) in [4.78, 5) is 99.6. The summed E-state index contributed by atoms with van der Waals surface area (Å²) in [7, 11) is 3.36. The molecule has 43 heteroatoms. The molecule has 2 saturated carbocycles. The molecule has 14 N–H and O–H groups in total. The lowest BCUT2D eigenvalue weighted by molar-refractivity contribution is -0.119. The number of ether oxygens (including phenoxy) is 3. The monoisotopic (exact) mass is 1820 g/mol. The van der Waals surface area contributed by atoms with Crippen molar-refractivity contribution in [1.29, 1.82) is 21.0 Å². The molecule has 3 aliphatic heterocycles. The third-order valence-electron chi connectivity index (χ3n) is 23.9. The number of alkyl halides is 5. The van der Waals surface area contributed by atoms with Crippen molar-refractivity contribution in [2.75, 3.05) is 81.9 Å². The fourth-order valence-electron chi connectivity index (χ4n) is 16.3. The highest BCUT2D eigenvalue weighted by atomic mass is 19.3. The number of aromatic hydroxyl groups is 2. The van der Waals surface area contributed by atoms with Gasteiger partial charge in [-0.2, -0.15) is 41.4 Å². The number of phenols is 2. The number of hydrogen-bond acceptors (Lipinski definition) is 25. The van der Waals surface area contributed by atoms with E-state index in [1.54, 1.807) is 38.9 Å². The Labute approximate surface area is 747 Å². The number of nitrogens with zero attached hydrogens (tertiary/aromatic N) is 15. The lowest BCUT2D eigenvalue weighted by Gasteiger charge is -2.43. The summed E-state index contributed by atoms with van der Waals surface area (Å²) in [6.07, 6.45) is 2.89. The number of hydrogen-bond donors (Lipinski definition) is 10. The molecule has 4 aromatic heterocycles. The van der Waals surface area contributed by atoms with Crippen LogP contribution in [-0.4, -0.2) is 197 Å². The Morgan fingerprint density at radius 3 is 1.33 bits per heavy atom. The van der Waals surface area contributed by atoms with Crippen LogP contribution in [-0.2, 0) is 67.2 Å². The number of Topliss-reactive ketones (excluding diaryl/α,β-unsaturated/α-hetero) is 1. The molecule has 13 rings (SSSR count). The van der Waals surface area contributed by atoms with Gasteiger partial charge in [0.05, 0.1) is 94.5 Å². The number of amides is 7. The average Bonchev–Trinajstić information content (AvgIpc) is 1.66. The zero-order valence-electron chi connectivity index (χ0n) is 71.7. The fourth-order valence-corrected chi connectivity index (χ4v) is 16.3. The number of para-hydroxylation sites is 1. The molecule has 7 amide bonds. The number of likely N-dealkylation sites (tertiary alicyclic amines) is 3. The van der Waals surface area contributed by atoms with Crippen molar-refractivity contribution in [2.24, 2.45) is 28.9 Å². The van der Waals surface area contributed by atoms with E-state index in [1.165, 1.54) is 29.2 Å². The number of nitrogens with two attached hydrogens (primary N) is 4. The van der Waals surface area contributed by atoms with E-state index in [2.05, 4.69) is 75.1 Å². The van der Waals surface area contributed by atoms with E-state index in [9.17, 15) is 87.2 Å². The van der Waals surface area contributed by atoms with Crippen molar-refractivity contribution < 1.29 is 93.5 Å². The van der Waals surface area contributed by atoms with Crippen LogP contribution in [0.25, 0.3) is 12.2 Å². The van der Waals surface area contributed by atoms with Gasteiger partial charge < -0.3 is 52.7 Å². The number of ketones is 1. The third kappa shape index (κ3) is 23.3. The number of halogens is 7. The molecule has 692 valence electrons. The Morgan fingerprint density at radius 2 is 0.939 bits per heavy atom. The van der Waals surface area contributed by atoms with Gasteiger partial charge in [-0.05, 0) is 106 Å². The number of carbonyl (C=O) groups excluding carboxylic acids is 8. The van der Waals surface area contributed by atoms with Crippen LogP contribution < -0.4 is 44.2 Å². The quantitative estimate of drug-likeness (QED) is 0.0154. The first kappa shape index (κ1) is 98.5. The van der Waals surface area contributed by atoms with Gasteiger partial charge in [0, 0.05) is 129 Å². The van der Waals surface area contributed by atoms with Crippen LogP contribution in [0.2, 0.25) is 0 Å². The second-order valence-electron chi connectivity index (χ2n) is 32.1. The molecule has 5 aliphatic rings. The molecule has 131 heavy (non-hydrogen) atoms. The normalized spacial score (nSPS) is 21.2. The number of carbonyl (C=O) groups is 8. The first-order chi connectivity index (χ1) is 62.5. The van der Waals surface area contributed by atoms with Crippen molar-refractivity contribution in [3.05, 3.63) is 190 Å². The molecule has 0 spiro atoms. The molecule has 3 saturated heterocycles. The first-order valence-electron chi connectivity index (χ1n) is 41.2. The van der Waals surface area contributed by atoms with E-state index < -0.39 is 101 Å². The summed E-state index contributed by atoms with van der Waals surface area (Å²) in [6.45, 7) is 7.89. The summed E-state index contributed by atoms with van der Waals surface area (Å²) in [5.41, 5.74) is 19.7. The number of nitrogens with one attached hydrogen (secondary N) is 4. The van der Waals surface area contributed by atoms with Crippen molar-refractivity contribution in [3.8, 4) is 35.8 Å². The number of aromatic nitrogens is 8. The highest BCUT2D eigenvalue weighted by Crippen LogP contribution is 2.44. The molecule has 6 atom stereocenters. The molecule has 36 nitrogen and oxygen atoms in total. The SMILES string of the molecule is C=Cc1cc(F)c(CN2CCC(CC#N)(n3cc(C(N)=O)c(NC(=O)OC)n3)C(F)C2)cc1O.C=Cc1ccc(CN2CCC(CC#N)(n3cc(C(N)=O)c(NC(=O)OC)n3)C(F)C2)cc1O.COC(=O)Nc1nn(C2(CC#N)CCN(Cc3cc(C(F)F)ccc3F)CC2F)cc1C(N)=O.N#CCC1(n2cc(C(N)=O)c(CC(=O)C3CC3)n2)CCC(Nc2ccccc2)CC1. The van der Waals surface area contributed by atoms with Crippen molar-refractivity contribution >= 4 is 83.0 Å². The van der Waals surface area contributed by atoms with Crippen molar-refractivity contribution in [3.63, 3.8) is 0 Å². The number of rotatable bonds is 29. The largest absolute Gasteiger partial charge is 0.507 e. The van der Waals surface area contributed by atoms with Crippen LogP contribution in [0.1, 0.15) is 170 Å². The topological polar surface area (TPSA) is 533 Å². The third-order valence-corrected chi connectivity index (χ3v) is 23.9. The van der Waals surface area contributed by atoms with Gasteiger partial charge in [0.2, 0.25) is 0 Å². The molecule has 7 heterocycles. The zero-order valence-corrected chi connectivity index (χ0v) is 71.7. The fraction of sp³-hybridized carbons (Fsp3) is 0.409. The minimum Gasteiger partial charge on any atom is -0.507 e. The van der Waals surface area contributed by atoms with Crippen LogP contribution in [0.5, 0.6) is 11.5 Å². The van der Waals surface area contributed by atoms with Crippen LogP contribution in [0.4, 0.5) is 68.3 Å². The first-order valence-corrected chi connectivity index (χ1v) is 41.2. The maximum Gasteiger partial charge on any atom is 0.412 e. The van der Waals surface area contributed by atoms with Crippen molar-refractivity contribution in [2.45, 2.75) is 163 Å². The standard InChI is InChI=1S/C23H27N5O2.C22H24F2N6O4.C22H25FN6O4.C21H22F4N6O3/c24-13-12-23(10-8-18(9-11-23)26-17-4-2-1-3-5-17)28-15-19(22(25)30)20(27-28)14-21(29)16-6-7-16;1-3-13-8-16(23)14(9-17(13)31)10-29-7-5-22(4-6-25,18(24)12-29)30-11-15(19(26)32)20(28-30)27-21(33)34-2;1-3-15-5-4-14(10-17(15)30)11-28-9-7-22(6-8-24,18(23)13-28)29-12-16(19(25)31)20(27-29)26-21(32)33-2;1-34-20(33)28-19-14(18(27)32)10-31(29-19)21(4-6-26)5-7-30(11-16(21)23)9-13-8-12(17(24)25)2-3-15(13)22/h1-5,15-16,18,26H,6-12,14H2,(H2,25,30);3,8-9,11,18,31H,1,4-5,7,10,12H2,2H3,(H2,26,32)(H,27,28,33);3-5,10,12,18,30H,1,6-7,9,11,13H2,2H3,(H2,25,31)(H,26,27,32);2-3,8,10,16-17H,4-5,7,9,11H2,1H3,(H2,27,32)(H,28,29,33). The van der Waals surface area contributed by atoms with Gasteiger partial charge >= 0.3 is 18.3 Å². The summed E-state index contributed by atoms with van der Waals surface area (Å²) in [6, 6.07) is 29.2. The highest BCUT2D eigenvalue weighted by Gasteiger charge is 2.51. The second-order valence-corrected chi connectivity index (χ2v) is 32.1. The Morgan fingerprint density at radius 1 is 0.519 bits per heavy atom. The van der Waals surface area contributed by atoms with Crippen LogP contribution in [0.3, 0.4) is 0 Å². The van der Waals surface area contributed by atoms with Crippen LogP contribution >= 0.6 is 0 Å². The number of anilines is 4. The van der Waals surface area contributed by atoms with E-state index in [-0.39, 0.29) is 170 Å². The lowest BCUT2D eigenvalue weighted by atomic mass is 9.77. The molecule has 5 fully saturated rings. The zero-order chi connectivity index (χ0) is 95.4. The molecule has 2 aliphatic carbocycles. The number of nitriles is 4. The summed E-state index contributed by atoms with van der Waals surface area (Å²) < 4.78 is 120. The number of primary amides is 4. The number of benzene rings is 4. The Balaban J connectivity index is 0.000000182. The number of methoxy groups -OCH3 is 3. The minimum atomic E-state index is -2.77. The molecule has 0 radical (unpaired) electrons. The average molecular weight is 1820 g/mol. The number of phenolic OH excluding ortho intramolecular Hbond substituents is 2. The summed E-state index contributed by atoms with van der Waals surface area (Å²) in [5, 5.41) is 85.1. The second kappa shape index (κ2) is 43.4. The van der Waals surface area contributed by atoms with Gasteiger partial charge in [0.1, 0.15) is 80.7 Å². The van der Waals surface area contributed by atoms with Gasteiger partial charge in [0.25, 0.3) is 30.1 Å². The van der Waals surface area contributed by atoms with Gasteiger partial charge in [-0.15, -0.1) is 0 Å². The maximum atomic E-state index is 15.7. The smallest absolute Gasteiger partial charge is 0.412 e. The lowest BCUT2D eigenvalue weighted by Crippen LogP contribution is -2.54. The van der Waals surface area contributed by atoms with E-state index in [1.807, 2.05) is 59.5 Å². The molecule has 8 aromatic rings. The Kier molecular flexibility index (Phi) is 32.6. The molecule has 6 unspecified atom stereocenters. The van der Waals surface area contributed by atoms with Gasteiger partial charge in [-0.3, -0.25) is 73.3 Å².